The van der Waals surface area contributed by atoms with Crippen LogP contribution in [0.3, 0.4) is 0 Å². The molecule has 0 saturated carbocycles. The molecule has 0 spiro atoms. The quantitative estimate of drug-likeness (QED) is 0.702. The van der Waals surface area contributed by atoms with Crippen LogP contribution in [-0.2, 0) is 0 Å². The third-order valence-electron chi connectivity index (χ3n) is 2.69. The summed E-state index contributed by atoms with van der Waals surface area (Å²) in [6, 6.07) is 2.00. The summed E-state index contributed by atoms with van der Waals surface area (Å²) in [5.74, 6) is -2.57. The molecule has 1 heterocycles. The highest BCUT2D eigenvalue weighted by molar-refractivity contribution is 9.10. The predicted octanol–water partition coefficient (Wildman–Crippen LogP) is 4.50. The van der Waals surface area contributed by atoms with Gasteiger partial charge in [0.25, 0.3) is 0 Å². The van der Waals surface area contributed by atoms with Gasteiger partial charge in [0.05, 0.1) is 16.2 Å². The SMILES string of the molecule is CC(C)n1ncc(Br)c1C(=O)c1c(F)cc(Br)cc1F. The standard InChI is InChI=1S/C13H10Br2F2N2O/c1-6(2)19-12(8(15)5-18-19)13(20)11-9(16)3-7(14)4-10(11)17/h3-6H,1-2H3. The largest absolute Gasteiger partial charge is 0.287 e. The Bertz CT molecular complexity index is 660. The molecular weight excluding hydrogens is 398 g/mol. The number of halogens is 4. The van der Waals surface area contributed by atoms with E-state index < -0.39 is 23.0 Å². The summed E-state index contributed by atoms with van der Waals surface area (Å²) >= 11 is 6.17. The van der Waals surface area contributed by atoms with Crippen LogP contribution in [-0.4, -0.2) is 15.6 Å². The minimum Gasteiger partial charge on any atom is -0.287 e. The molecule has 0 saturated heterocycles. The first-order chi connectivity index (χ1) is 9.32. The molecule has 3 nitrogen and oxygen atoms in total. The van der Waals surface area contributed by atoms with Crippen molar-refractivity contribution in [2.45, 2.75) is 19.9 Å². The molecule has 106 valence electrons. The molecule has 0 bridgehead atoms. The van der Waals surface area contributed by atoms with Gasteiger partial charge in [-0.05, 0) is 41.9 Å². The number of carbonyl (C=O) groups excluding carboxylic acids is 1. The zero-order valence-corrected chi connectivity index (χ0v) is 13.8. The molecule has 0 radical (unpaired) electrons. The second kappa shape index (κ2) is 5.73. The molecule has 0 N–H and O–H groups in total. The number of aromatic nitrogens is 2. The second-order valence-electron chi connectivity index (χ2n) is 4.45. The van der Waals surface area contributed by atoms with Crippen LogP contribution in [0.5, 0.6) is 0 Å². The van der Waals surface area contributed by atoms with E-state index >= 15 is 0 Å². The molecular formula is C13H10Br2F2N2O. The van der Waals surface area contributed by atoms with Gasteiger partial charge in [-0.3, -0.25) is 9.48 Å². The average molecular weight is 408 g/mol. The molecule has 1 aromatic heterocycles. The summed E-state index contributed by atoms with van der Waals surface area (Å²) in [5, 5.41) is 4.03. The van der Waals surface area contributed by atoms with Crippen LogP contribution in [0.15, 0.2) is 27.3 Å². The number of benzene rings is 1. The number of hydrogen-bond acceptors (Lipinski definition) is 2. The van der Waals surface area contributed by atoms with Gasteiger partial charge in [-0.1, -0.05) is 15.9 Å². The third kappa shape index (κ3) is 2.69. The van der Waals surface area contributed by atoms with E-state index in [4.69, 9.17) is 0 Å². The summed E-state index contributed by atoms with van der Waals surface area (Å²) in [7, 11) is 0. The highest BCUT2D eigenvalue weighted by atomic mass is 79.9. The van der Waals surface area contributed by atoms with Crippen molar-refractivity contribution in [2.24, 2.45) is 0 Å². The van der Waals surface area contributed by atoms with Crippen LogP contribution >= 0.6 is 31.9 Å². The fourth-order valence-corrected chi connectivity index (χ4v) is 2.68. The Morgan fingerprint density at radius 2 is 1.80 bits per heavy atom. The van der Waals surface area contributed by atoms with Gasteiger partial charge in [-0.15, -0.1) is 0 Å². The minimum atomic E-state index is -0.912. The first-order valence-electron chi connectivity index (χ1n) is 5.75. The van der Waals surface area contributed by atoms with Gasteiger partial charge in [0.1, 0.15) is 17.3 Å². The van der Waals surface area contributed by atoms with Gasteiger partial charge < -0.3 is 0 Å². The van der Waals surface area contributed by atoms with E-state index in [0.717, 1.165) is 12.1 Å². The first-order valence-corrected chi connectivity index (χ1v) is 7.33. The van der Waals surface area contributed by atoms with Crippen molar-refractivity contribution < 1.29 is 13.6 Å². The predicted molar refractivity (Wildman–Crippen MR) is 77.8 cm³/mol. The lowest BCUT2D eigenvalue weighted by molar-refractivity contribution is 0.101. The van der Waals surface area contributed by atoms with Crippen molar-refractivity contribution in [1.82, 2.24) is 9.78 Å². The van der Waals surface area contributed by atoms with Crippen molar-refractivity contribution in [3.05, 3.63) is 50.2 Å². The molecule has 0 atom stereocenters. The maximum absolute atomic E-state index is 13.9. The molecule has 1 aromatic carbocycles. The number of nitrogens with zero attached hydrogens (tertiary/aromatic N) is 2. The van der Waals surface area contributed by atoms with Gasteiger partial charge in [0.15, 0.2) is 0 Å². The van der Waals surface area contributed by atoms with Gasteiger partial charge in [0.2, 0.25) is 5.78 Å². The summed E-state index contributed by atoms with van der Waals surface area (Å²) in [6.07, 6.45) is 1.43. The topological polar surface area (TPSA) is 34.9 Å². The van der Waals surface area contributed by atoms with Crippen LogP contribution in [0.1, 0.15) is 35.9 Å². The third-order valence-corrected chi connectivity index (χ3v) is 3.73. The van der Waals surface area contributed by atoms with Gasteiger partial charge in [-0.25, -0.2) is 8.78 Å². The minimum absolute atomic E-state index is 0.109. The molecule has 0 aliphatic carbocycles. The van der Waals surface area contributed by atoms with E-state index in [9.17, 15) is 13.6 Å². The van der Waals surface area contributed by atoms with Gasteiger partial charge in [0, 0.05) is 10.5 Å². The maximum atomic E-state index is 13.9. The Hall–Kier alpha value is -1.08. The molecule has 0 unspecified atom stereocenters. The normalized spacial score (nSPS) is 11.2. The molecule has 20 heavy (non-hydrogen) atoms. The summed E-state index contributed by atoms with van der Waals surface area (Å²) in [6.45, 7) is 3.65. The molecule has 0 fully saturated rings. The fraction of sp³-hybridized carbons (Fsp3) is 0.231. The van der Waals surface area contributed by atoms with Crippen LogP contribution < -0.4 is 0 Å². The molecule has 0 aliphatic rings. The van der Waals surface area contributed by atoms with Crippen molar-refractivity contribution in [3.8, 4) is 0 Å². The van der Waals surface area contributed by atoms with Crippen molar-refractivity contribution >= 4 is 37.6 Å². The Balaban J connectivity index is 2.61. The summed E-state index contributed by atoms with van der Waals surface area (Å²) in [5.41, 5.74) is -0.462. The monoisotopic (exact) mass is 406 g/mol. The van der Waals surface area contributed by atoms with E-state index in [1.54, 1.807) is 0 Å². The average Bonchev–Trinajstić information content (AvgIpc) is 2.69. The first kappa shape index (κ1) is 15.3. The fourth-order valence-electron chi connectivity index (χ4n) is 1.82. The molecule has 2 rings (SSSR count). The van der Waals surface area contributed by atoms with Crippen LogP contribution in [0.2, 0.25) is 0 Å². The smallest absolute Gasteiger partial charge is 0.218 e. The Labute approximate surface area is 131 Å². The van der Waals surface area contributed by atoms with E-state index in [1.165, 1.54) is 10.9 Å². The molecule has 0 amide bonds. The van der Waals surface area contributed by atoms with Crippen molar-refractivity contribution in [2.75, 3.05) is 0 Å². The van der Waals surface area contributed by atoms with Crippen molar-refractivity contribution in [3.63, 3.8) is 0 Å². The lowest BCUT2D eigenvalue weighted by Crippen LogP contribution is -2.16. The van der Waals surface area contributed by atoms with E-state index in [-0.39, 0.29) is 16.2 Å². The highest BCUT2D eigenvalue weighted by Gasteiger charge is 2.26. The Morgan fingerprint density at radius 1 is 1.25 bits per heavy atom. The number of rotatable bonds is 3. The zero-order valence-electron chi connectivity index (χ0n) is 10.6. The lowest BCUT2D eigenvalue weighted by Gasteiger charge is -2.11. The number of ketones is 1. The molecule has 0 aliphatic heterocycles. The van der Waals surface area contributed by atoms with E-state index in [2.05, 4.69) is 37.0 Å². The van der Waals surface area contributed by atoms with Gasteiger partial charge >= 0.3 is 0 Å². The van der Waals surface area contributed by atoms with E-state index in [0.29, 0.717) is 4.47 Å². The van der Waals surface area contributed by atoms with Crippen molar-refractivity contribution in [1.29, 1.82) is 0 Å². The number of carbonyl (C=O) groups is 1. The van der Waals surface area contributed by atoms with Crippen LogP contribution in [0.25, 0.3) is 0 Å². The maximum Gasteiger partial charge on any atom is 0.218 e. The lowest BCUT2D eigenvalue weighted by atomic mass is 10.1. The summed E-state index contributed by atoms with van der Waals surface area (Å²) < 4.78 is 29.8. The van der Waals surface area contributed by atoms with Gasteiger partial charge in [-0.2, -0.15) is 5.10 Å². The number of hydrogen-bond donors (Lipinski definition) is 0. The van der Waals surface area contributed by atoms with Crippen LogP contribution in [0.4, 0.5) is 8.78 Å². The molecule has 2 aromatic rings. The second-order valence-corrected chi connectivity index (χ2v) is 6.22. The Morgan fingerprint density at radius 3 is 2.30 bits per heavy atom. The van der Waals surface area contributed by atoms with E-state index in [1.807, 2.05) is 13.8 Å². The summed E-state index contributed by atoms with van der Waals surface area (Å²) in [4.78, 5) is 12.4. The molecule has 7 heteroatoms. The zero-order chi connectivity index (χ0) is 15.0. The highest BCUT2D eigenvalue weighted by Crippen LogP contribution is 2.26. The Kier molecular flexibility index (Phi) is 4.39. The van der Waals surface area contributed by atoms with Crippen LogP contribution in [0, 0.1) is 11.6 Å².